The number of halogens is 6. The van der Waals surface area contributed by atoms with Gasteiger partial charge in [0.15, 0.2) is 5.75 Å². The SMILES string of the molecule is CC(C)CC(NC(=O)C1CCCN1)C(=O)NCC(=O)Oc1c(Cl)c(Cl)c(Cl)c(Cl)c1Cl.Cl. The number of hydrogen-bond donors (Lipinski definition) is 3. The number of hydrogen-bond acceptors (Lipinski definition) is 5. The maximum absolute atomic E-state index is 12.6. The summed E-state index contributed by atoms with van der Waals surface area (Å²) in [4.78, 5) is 37.2. The Morgan fingerprint density at radius 3 is 2.09 bits per heavy atom. The molecule has 1 saturated heterocycles. The van der Waals surface area contributed by atoms with Crippen LogP contribution in [0, 0.1) is 5.92 Å². The van der Waals surface area contributed by atoms with Crippen LogP contribution in [0.25, 0.3) is 0 Å². The highest BCUT2D eigenvalue weighted by Crippen LogP contribution is 2.48. The van der Waals surface area contributed by atoms with E-state index in [4.69, 9.17) is 62.7 Å². The molecule has 0 aromatic heterocycles. The maximum atomic E-state index is 12.6. The van der Waals surface area contributed by atoms with Gasteiger partial charge in [-0.1, -0.05) is 71.9 Å². The van der Waals surface area contributed by atoms with Crippen molar-refractivity contribution >= 4 is 88.2 Å². The van der Waals surface area contributed by atoms with Crippen molar-refractivity contribution < 1.29 is 19.1 Å². The number of ether oxygens (including phenoxy) is 1. The van der Waals surface area contributed by atoms with Gasteiger partial charge in [-0.2, -0.15) is 0 Å². The van der Waals surface area contributed by atoms with Crippen LogP contribution in [0.2, 0.25) is 25.1 Å². The van der Waals surface area contributed by atoms with Crippen LogP contribution in [0.1, 0.15) is 33.1 Å². The van der Waals surface area contributed by atoms with Crippen LogP contribution >= 0.6 is 70.4 Å². The van der Waals surface area contributed by atoms with Crippen molar-refractivity contribution in [3.63, 3.8) is 0 Å². The fraction of sp³-hybridized carbons (Fsp3) is 0.526. The molecule has 32 heavy (non-hydrogen) atoms. The lowest BCUT2D eigenvalue weighted by molar-refractivity contribution is -0.136. The van der Waals surface area contributed by atoms with Gasteiger partial charge < -0.3 is 20.7 Å². The molecule has 2 rings (SSSR count). The Morgan fingerprint density at radius 2 is 1.59 bits per heavy atom. The fourth-order valence-electron chi connectivity index (χ4n) is 2.99. The molecule has 1 aromatic carbocycles. The number of nitrogens with one attached hydrogen (secondary N) is 3. The number of benzene rings is 1. The lowest BCUT2D eigenvalue weighted by Gasteiger charge is -2.22. The van der Waals surface area contributed by atoms with E-state index in [0.717, 1.165) is 13.0 Å². The van der Waals surface area contributed by atoms with E-state index in [1.807, 2.05) is 13.8 Å². The Hall–Kier alpha value is -0.670. The predicted octanol–water partition coefficient (Wildman–Crippen LogP) is 4.68. The molecule has 13 heteroatoms. The van der Waals surface area contributed by atoms with Crippen molar-refractivity contribution in [3.05, 3.63) is 25.1 Å². The minimum Gasteiger partial charge on any atom is -0.422 e. The lowest BCUT2D eigenvalue weighted by Crippen LogP contribution is -2.52. The smallest absolute Gasteiger partial charge is 0.330 e. The molecule has 1 aliphatic heterocycles. The fourth-order valence-corrected chi connectivity index (χ4v) is 4.19. The molecule has 3 N–H and O–H groups in total. The number of rotatable bonds is 8. The van der Waals surface area contributed by atoms with Crippen LogP contribution in [0.4, 0.5) is 0 Å². The van der Waals surface area contributed by atoms with Crippen molar-refractivity contribution in [2.24, 2.45) is 5.92 Å². The summed E-state index contributed by atoms with van der Waals surface area (Å²) in [7, 11) is 0. The topological polar surface area (TPSA) is 96.5 Å². The lowest BCUT2D eigenvalue weighted by atomic mass is 10.0. The first-order chi connectivity index (χ1) is 14.5. The Balaban J connectivity index is 0.00000512. The zero-order valence-corrected chi connectivity index (χ0v) is 21.8. The van der Waals surface area contributed by atoms with Crippen molar-refractivity contribution in [2.45, 2.75) is 45.2 Å². The molecule has 2 unspecified atom stereocenters. The Bertz CT molecular complexity index is 833. The summed E-state index contributed by atoms with van der Waals surface area (Å²) >= 11 is 29.9. The molecule has 0 spiro atoms. The first kappa shape index (κ1) is 29.4. The quantitative estimate of drug-likeness (QED) is 0.183. The first-order valence-electron chi connectivity index (χ1n) is 9.56. The summed E-state index contributed by atoms with van der Waals surface area (Å²) in [6.45, 7) is 4.11. The third kappa shape index (κ3) is 7.69. The number of amides is 2. The molecule has 1 fully saturated rings. The van der Waals surface area contributed by atoms with Gasteiger partial charge in [-0.25, -0.2) is 4.79 Å². The molecule has 1 aliphatic rings. The van der Waals surface area contributed by atoms with E-state index >= 15 is 0 Å². The number of esters is 1. The van der Waals surface area contributed by atoms with Crippen LogP contribution in [0.5, 0.6) is 5.75 Å². The van der Waals surface area contributed by atoms with Crippen LogP contribution in [0.3, 0.4) is 0 Å². The molecule has 2 amide bonds. The van der Waals surface area contributed by atoms with Gasteiger partial charge >= 0.3 is 5.97 Å². The molecule has 1 aromatic rings. The monoisotopic (exact) mass is 567 g/mol. The average Bonchev–Trinajstić information content (AvgIpc) is 3.26. The van der Waals surface area contributed by atoms with Gasteiger partial charge in [-0.15, -0.1) is 12.4 Å². The zero-order chi connectivity index (χ0) is 23.3. The molecule has 7 nitrogen and oxygen atoms in total. The second-order valence-electron chi connectivity index (χ2n) is 7.43. The second kappa shape index (κ2) is 13.3. The normalized spacial score (nSPS) is 16.3. The first-order valence-corrected chi connectivity index (χ1v) is 11.5. The average molecular weight is 570 g/mol. The van der Waals surface area contributed by atoms with Crippen molar-refractivity contribution in [1.82, 2.24) is 16.0 Å². The van der Waals surface area contributed by atoms with E-state index in [-0.39, 0.29) is 61.1 Å². The molecular weight excluding hydrogens is 547 g/mol. The molecule has 0 saturated carbocycles. The molecule has 0 bridgehead atoms. The van der Waals surface area contributed by atoms with Crippen LogP contribution < -0.4 is 20.7 Å². The summed E-state index contributed by atoms with van der Waals surface area (Å²) in [5.41, 5.74) is 0. The van der Waals surface area contributed by atoms with E-state index in [9.17, 15) is 14.4 Å². The van der Waals surface area contributed by atoms with Crippen molar-refractivity contribution in [3.8, 4) is 5.75 Å². The van der Waals surface area contributed by atoms with Gasteiger partial charge in [0.25, 0.3) is 0 Å². The minimum atomic E-state index is -0.862. The third-order valence-corrected chi connectivity index (χ3v) is 6.75. The summed E-state index contributed by atoms with van der Waals surface area (Å²) in [5.74, 6) is -1.75. The summed E-state index contributed by atoms with van der Waals surface area (Å²) < 4.78 is 5.12. The molecular formula is C19H23Cl6N3O4. The van der Waals surface area contributed by atoms with Crippen LogP contribution in [-0.2, 0) is 14.4 Å². The third-order valence-electron chi connectivity index (χ3n) is 4.51. The summed E-state index contributed by atoms with van der Waals surface area (Å²) in [6, 6.07) is -1.12. The largest absolute Gasteiger partial charge is 0.422 e. The maximum Gasteiger partial charge on any atom is 0.330 e. The van der Waals surface area contributed by atoms with Crippen molar-refractivity contribution in [2.75, 3.05) is 13.1 Å². The van der Waals surface area contributed by atoms with E-state index < -0.39 is 24.5 Å². The van der Waals surface area contributed by atoms with E-state index in [0.29, 0.717) is 12.8 Å². The van der Waals surface area contributed by atoms with Gasteiger partial charge in [-0.05, 0) is 31.7 Å². The van der Waals surface area contributed by atoms with E-state index in [1.165, 1.54) is 0 Å². The van der Waals surface area contributed by atoms with Gasteiger partial charge in [0.2, 0.25) is 11.8 Å². The molecule has 180 valence electrons. The van der Waals surface area contributed by atoms with Gasteiger partial charge in [0, 0.05) is 0 Å². The van der Waals surface area contributed by atoms with Gasteiger partial charge in [0.05, 0.1) is 21.1 Å². The number of carbonyl (C=O) groups is 3. The Morgan fingerprint density at radius 1 is 1.03 bits per heavy atom. The molecule has 0 radical (unpaired) electrons. The molecule has 2 atom stereocenters. The standard InChI is InChI=1S/C19H22Cl5N3O4.ClH/c1-8(2)6-10(27-19(30)9-4-3-5-25-9)18(29)26-7-11(28)31-17-15(23)13(21)12(20)14(22)16(17)24;/h8-10,25H,3-7H2,1-2H3,(H,26,29)(H,27,30);1H. The highest BCUT2D eigenvalue weighted by molar-refractivity contribution is 6.55. The van der Waals surface area contributed by atoms with E-state index in [1.54, 1.807) is 0 Å². The Kier molecular flexibility index (Phi) is 12.2. The second-order valence-corrected chi connectivity index (χ2v) is 9.32. The van der Waals surface area contributed by atoms with E-state index in [2.05, 4.69) is 16.0 Å². The summed E-state index contributed by atoms with van der Waals surface area (Å²) in [5, 5.41) is 7.60. The predicted molar refractivity (Wildman–Crippen MR) is 130 cm³/mol. The molecule has 0 aliphatic carbocycles. The zero-order valence-electron chi connectivity index (χ0n) is 17.2. The van der Waals surface area contributed by atoms with Crippen LogP contribution in [0.15, 0.2) is 0 Å². The highest BCUT2D eigenvalue weighted by atomic mass is 35.5. The minimum absolute atomic E-state index is 0. The highest BCUT2D eigenvalue weighted by Gasteiger charge is 2.28. The number of carbonyl (C=O) groups excluding carboxylic acids is 3. The van der Waals surface area contributed by atoms with Gasteiger partial charge in [-0.3, -0.25) is 9.59 Å². The van der Waals surface area contributed by atoms with Crippen molar-refractivity contribution in [1.29, 1.82) is 0 Å². The van der Waals surface area contributed by atoms with Crippen LogP contribution in [-0.4, -0.2) is 43.0 Å². The molecule has 1 heterocycles. The summed E-state index contributed by atoms with van der Waals surface area (Å²) in [6.07, 6.45) is 2.01. The van der Waals surface area contributed by atoms with Gasteiger partial charge in [0.1, 0.15) is 22.6 Å². The Labute approximate surface area is 217 Å².